The molecule has 0 aromatic heterocycles. The van der Waals surface area contributed by atoms with Crippen LogP contribution in [0.3, 0.4) is 0 Å². The van der Waals surface area contributed by atoms with Crippen LogP contribution in [0, 0.1) is 6.92 Å². The van der Waals surface area contributed by atoms with Crippen molar-refractivity contribution in [2.45, 2.75) is 32.4 Å². The zero-order valence-corrected chi connectivity index (χ0v) is 9.81. The number of hydrogen-bond acceptors (Lipinski definition) is 2. The summed E-state index contributed by atoms with van der Waals surface area (Å²) < 4.78 is 0. The van der Waals surface area contributed by atoms with Crippen molar-refractivity contribution in [3.63, 3.8) is 0 Å². The molecule has 3 nitrogen and oxygen atoms in total. The van der Waals surface area contributed by atoms with Gasteiger partial charge in [0.15, 0.2) is 0 Å². The van der Waals surface area contributed by atoms with Gasteiger partial charge in [0.25, 0.3) is 0 Å². The maximum Gasteiger partial charge on any atom is 0.240 e. The number of likely N-dealkylation sites (tertiary alicyclic amines) is 1. The first kappa shape index (κ1) is 11.1. The Morgan fingerprint density at radius 3 is 2.50 bits per heavy atom. The fourth-order valence-electron chi connectivity index (χ4n) is 2.13. The lowest BCUT2D eigenvalue weighted by Gasteiger charge is -2.25. The Bertz CT molecular complexity index is 385. The van der Waals surface area contributed by atoms with Crippen molar-refractivity contribution in [2.75, 3.05) is 6.54 Å². The van der Waals surface area contributed by atoms with E-state index in [-0.39, 0.29) is 18.0 Å². The summed E-state index contributed by atoms with van der Waals surface area (Å²) in [6.45, 7) is 4.89. The lowest BCUT2D eigenvalue weighted by molar-refractivity contribution is -0.130. The number of aryl methyl sites for hydroxylation is 1. The highest BCUT2D eigenvalue weighted by molar-refractivity contribution is 5.84. The highest BCUT2D eigenvalue weighted by Gasteiger charge is 2.32. The summed E-state index contributed by atoms with van der Waals surface area (Å²) in [5, 5.41) is 0. The van der Waals surface area contributed by atoms with Crippen molar-refractivity contribution in [1.82, 2.24) is 4.90 Å². The Morgan fingerprint density at radius 1 is 1.38 bits per heavy atom. The van der Waals surface area contributed by atoms with Crippen LogP contribution in [0.4, 0.5) is 0 Å². The molecule has 2 N–H and O–H groups in total. The number of benzene rings is 1. The molecule has 2 unspecified atom stereocenters. The SMILES string of the molecule is Cc1ccc(C(C)N2CCC(N)C2=O)cc1. The van der Waals surface area contributed by atoms with Crippen LogP contribution >= 0.6 is 0 Å². The quantitative estimate of drug-likeness (QED) is 0.819. The van der Waals surface area contributed by atoms with Crippen LogP contribution in [0.15, 0.2) is 24.3 Å². The van der Waals surface area contributed by atoms with Crippen molar-refractivity contribution < 1.29 is 4.79 Å². The zero-order chi connectivity index (χ0) is 11.7. The molecule has 86 valence electrons. The molecule has 1 saturated heterocycles. The number of hydrogen-bond donors (Lipinski definition) is 1. The summed E-state index contributed by atoms with van der Waals surface area (Å²) in [5.74, 6) is 0.0769. The van der Waals surface area contributed by atoms with E-state index < -0.39 is 0 Å². The zero-order valence-electron chi connectivity index (χ0n) is 9.81. The molecule has 1 amide bonds. The van der Waals surface area contributed by atoms with Crippen molar-refractivity contribution >= 4 is 5.91 Å². The molecule has 1 aliphatic rings. The second kappa shape index (κ2) is 4.26. The molecular formula is C13H18N2O. The molecule has 1 aromatic carbocycles. The third-order valence-electron chi connectivity index (χ3n) is 3.31. The standard InChI is InChI=1S/C13H18N2O/c1-9-3-5-11(6-4-9)10(2)15-8-7-12(14)13(15)16/h3-6,10,12H,7-8,14H2,1-2H3. The lowest BCUT2D eigenvalue weighted by atomic mass is 10.1. The minimum Gasteiger partial charge on any atom is -0.335 e. The molecule has 2 atom stereocenters. The third kappa shape index (κ3) is 1.95. The van der Waals surface area contributed by atoms with Gasteiger partial charge in [0, 0.05) is 6.54 Å². The van der Waals surface area contributed by atoms with E-state index in [9.17, 15) is 4.79 Å². The normalized spacial score (nSPS) is 22.6. The number of carbonyl (C=O) groups excluding carboxylic acids is 1. The van der Waals surface area contributed by atoms with Crippen LogP contribution in [-0.2, 0) is 4.79 Å². The van der Waals surface area contributed by atoms with E-state index in [1.807, 2.05) is 4.90 Å². The van der Waals surface area contributed by atoms with Gasteiger partial charge in [-0.05, 0) is 25.8 Å². The second-order valence-corrected chi connectivity index (χ2v) is 4.51. The van der Waals surface area contributed by atoms with E-state index in [1.165, 1.54) is 11.1 Å². The summed E-state index contributed by atoms with van der Waals surface area (Å²) in [6, 6.07) is 8.14. The molecule has 0 aliphatic carbocycles. The van der Waals surface area contributed by atoms with E-state index in [0.29, 0.717) is 0 Å². The molecule has 1 fully saturated rings. The molecule has 3 heteroatoms. The summed E-state index contributed by atoms with van der Waals surface area (Å²) in [6.07, 6.45) is 0.773. The van der Waals surface area contributed by atoms with E-state index in [0.717, 1.165) is 13.0 Å². The van der Waals surface area contributed by atoms with Gasteiger partial charge in [-0.25, -0.2) is 0 Å². The van der Waals surface area contributed by atoms with E-state index in [4.69, 9.17) is 5.73 Å². The lowest BCUT2D eigenvalue weighted by Crippen LogP contribution is -2.35. The van der Waals surface area contributed by atoms with Gasteiger partial charge < -0.3 is 10.6 Å². The van der Waals surface area contributed by atoms with Gasteiger partial charge in [0.2, 0.25) is 5.91 Å². The Balaban J connectivity index is 2.16. The Kier molecular flexibility index (Phi) is 2.97. The second-order valence-electron chi connectivity index (χ2n) is 4.51. The third-order valence-corrected chi connectivity index (χ3v) is 3.31. The van der Waals surface area contributed by atoms with Crippen LogP contribution in [-0.4, -0.2) is 23.4 Å². The molecule has 0 radical (unpaired) electrons. The molecule has 0 spiro atoms. The molecule has 16 heavy (non-hydrogen) atoms. The summed E-state index contributed by atoms with van der Waals surface area (Å²) in [5.41, 5.74) is 8.13. The Hall–Kier alpha value is -1.35. The highest BCUT2D eigenvalue weighted by atomic mass is 16.2. The molecule has 2 rings (SSSR count). The first-order chi connectivity index (χ1) is 7.59. The summed E-state index contributed by atoms with van der Waals surface area (Å²) in [7, 11) is 0. The van der Waals surface area contributed by atoms with Gasteiger partial charge >= 0.3 is 0 Å². The fourth-order valence-corrected chi connectivity index (χ4v) is 2.13. The molecule has 1 heterocycles. The van der Waals surface area contributed by atoms with Gasteiger partial charge in [-0.2, -0.15) is 0 Å². The molecule has 0 bridgehead atoms. The van der Waals surface area contributed by atoms with Crippen molar-refractivity contribution in [1.29, 1.82) is 0 Å². The van der Waals surface area contributed by atoms with Gasteiger partial charge in [-0.15, -0.1) is 0 Å². The van der Waals surface area contributed by atoms with E-state index in [2.05, 4.69) is 38.1 Å². The van der Waals surface area contributed by atoms with Gasteiger partial charge in [0.1, 0.15) is 0 Å². The predicted molar refractivity (Wildman–Crippen MR) is 63.9 cm³/mol. The van der Waals surface area contributed by atoms with Crippen LogP contribution in [0.1, 0.15) is 30.5 Å². The average Bonchev–Trinajstić information content (AvgIpc) is 2.60. The van der Waals surface area contributed by atoms with E-state index >= 15 is 0 Å². The Morgan fingerprint density at radius 2 is 2.00 bits per heavy atom. The minimum absolute atomic E-state index is 0.0769. The number of carbonyl (C=O) groups is 1. The number of amides is 1. The maximum atomic E-state index is 11.8. The first-order valence-electron chi connectivity index (χ1n) is 5.72. The van der Waals surface area contributed by atoms with Crippen molar-refractivity contribution in [3.8, 4) is 0 Å². The summed E-state index contributed by atoms with van der Waals surface area (Å²) >= 11 is 0. The first-order valence-corrected chi connectivity index (χ1v) is 5.72. The molecular weight excluding hydrogens is 200 g/mol. The fraction of sp³-hybridized carbons (Fsp3) is 0.462. The Labute approximate surface area is 96.2 Å². The molecule has 0 saturated carbocycles. The highest BCUT2D eigenvalue weighted by Crippen LogP contribution is 2.25. The topological polar surface area (TPSA) is 46.3 Å². The van der Waals surface area contributed by atoms with Crippen LogP contribution < -0.4 is 5.73 Å². The van der Waals surface area contributed by atoms with E-state index in [1.54, 1.807) is 0 Å². The molecule has 1 aromatic rings. The summed E-state index contributed by atoms with van der Waals surface area (Å²) in [4.78, 5) is 13.7. The van der Waals surface area contributed by atoms with Gasteiger partial charge in [-0.1, -0.05) is 29.8 Å². The van der Waals surface area contributed by atoms with Gasteiger partial charge in [0.05, 0.1) is 12.1 Å². The smallest absolute Gasteiger partial charge is 0.240 e. The predicted octanol–water partition coefficient (Wildman–Crippen LogP) is 1.62. The monoisotopic (exact) mass is 218 g/mol. The number of rotatable bonds is 2. The van der Waals surface area contributed by atoms with Gasteiger partial charge in [-0.3, -0.25) is 4.79 Å². The van der Waals surface area contributed by atoms with Crippen molar-refractivity contribution in [2.24, 2.45) is 5.73 Å². The largest absolute Gasteiger partial charge is 0.335 e. The van der Waals surface area contributed by atoms with Crippen LogP contribution in [0.5, 0.6) is 0 Å². The minimum atomic E-state index is -0.298. The average molecular weight is 218 g/mol. The van der Waals surface area contributed by atoms with Crippen molar-refractivity contribution in [3.05, 3.63) is 35.4 Å². The number of nitrogens with two attached hydrogens (primary N) is 1. The van der Waals surface area contributed by atoms with Crippen LogP contribution in [0.2, 0.25) is 0 Å². The molecule has 1 aliphatic heterocycles. The maximum absolute atomic E-state index is 11.8. The number of nitrogens with zero attached hydrogens (tertiary/aromatic N) is 1. The van der Waals surface area contributed by atoms with Crippen LogP contribution in [0.25, 0.3) is 0 Å².